The molecule has 108 valence electrons. The third-order valence-corrected chi connectivity index (χ3v) is 3.62. The highest BCUT2D eigenvalue weighted by atomic mass is 35.5. The molecule has 0 saturated heterocycles. The molecule has 18 heavy (non-hydrogen) atoms. The number of carbonyl (C=O) groups excluding carboxylic acids is 1. The van der Waals surface area contributed by atoms with Gasteiger partial charge in [0.2, 0.25) is 5.91 Å². The maximum absolute atomic E-state index is 11.6. The van der Waals surface area contributed by atoms with Gasteiger partial charge in [-0.15, -0.1) is 12.4 Å². The van der Waals surface area contributed by atoms with E-state index in [0.29, 0.717) is 18.6 Å². The zero-order chi connectivity index (χ0) is 12.6. The molecule has 1 saturated carbocycles. The number of hydrogen-bond donors (Lipinski definition) is 2. The van der Waals surface area contributed by atoms with E-state index in [0.717, 1.165) is 13.1 Å². The fraction of sp³-hybridized carbons (Fsp3) is 0.923. The maximum atomic E-state index is 11.6. The van der Waals surface area contributed by atoms with Gasteiger partial charge in [0.25, 0.3) is 0 Å². The van der Waals surface area contributed by atoms with E-state index in [1.54, 1.807) is 7.11 Å². The molecule has 2 N–H and O–H groups in total. The van der Waals surface area contributed by atoms with Crippen molar-refractivity contribution in [3.8, 4) is 0 Å². The number of carbonyl (C=O) groups is 1. The summed E-state index contributed by atoms with van der Waals surface area (Å²) < 4.78 is 4.90. The summed E-state index contributed by atoms with van der Waals surface area (Å²) in [7, 11) is 1.66. The van der Waals surface area contributed by atoms with Crippen molar-refractivity contribution in [1.82, 2.24) is 10.6 Å². The molecule has 0 aromatic rings. The zero-order valence-electron chi connectivity index (χ0n) is 11.6. The first kappa shape index (κ1) is 17.7. The van der Waals surface area contributed by atoms with E-state index in [1.165, 1.54) is 32.1 Å². The average Bonchev–Trinajstić information content (AvgIpc) is 2.28. The van der Waals surface area contributed by atoms with Crippen LogP contribution in [0.25, 0.3) is 0 Å². The molecule has 0 unspecified atom stereocenters. The van der Waals surface area contributed by atoms with Crippen molar-refractivity contribution >= 4 is 18.3 Å². The Labute approximate surface area is 117 Å². The highest BCUT2D eigenvalue weighted by molar-refractivity contribution is 5.85. The number of ether oxygens (including phenoxy) is 1. The standard InChI is InChI=1S/C13H26N2O2.ClH/c1-3-5-13(6-4-7-13)11-15-12(16)10-14-8-9-17-2;/h14H,3-11H2,1-2H3,(H,15,16);1H. The summed E-state index contributed by atoms with van der Waals surface area (Å²) in [4.78, 5) is 11.6. The molecule has 0 heterocycles. The van der Waals surface area contributed by atoms with Gasteiger partial charge in [0.1, 0.15) is 0 Å². The number of methoxy groups -OCH3 is 1. The average molecular weight is 279 g/mol. The monoisotopic (exact) mass is 278 g/mol. The SMILES string of the molecule is CCCC1(CNC(=O)CNCCOC)CCC1.Cl. The summed E-state index contributed by atoms with van der Waals surface area (Å²) in [6, 6.07) is 0. The van der Waals surface area contributed by atoms with Gasteiger partial charge in [-0.1, -0.05) is 19.8 Å². The number of rotatable bonds is 9. The molecule has 1 aliphatic rings. The predicted octanol–water partition coefficient (Wildman–Crippen LogP) is 1.73. The summed E-state index contributed by atoms with van der Waals surface area (Å²) in [6.07, 6.45) is 6.32. The van der Waals surface area contributed by atoms with E-state index in [1.807, 2.05) is 0 Å². The minimum atomic E-state index is 0. The van der Waals surface area contributed by atoms with Gasteiger partial charge in [0.15, 0.2) is 0 Å². The molecule has 0 aliphatic heterocycles. The second-order valence-corrected chi connectivity index (χ2v) is 5.05. The Balaban J connectivity index is 0.00000289. The highest BCUT2D eigenvalue weighted by Crippen LogP contribution is 2.44. The summed E-state index contributed by atoms with van der Waals surface area (Å²) in [5, 5.41) is 6.10. The molecular weight excluding hydrogens is 252 g/mol. The highest BCUT2D eigenvalue weighted by Gasteiger charge is 2.35. The van der Waals surface area contributed by atoms with E-state index in [2.05, 4.69) is 17.6 Å². The first-order valence-electron chi connectivity index (χ1n) is 6.69. The Bertz CT molecular complexity index is 233. The van der Waals surface area contributed by atoms with Crippen LogP contribution in [0.1, 0.15) is 39.0 Å². The minimum Gasteiger partial charge on any atom is -0.383 e. The number of hydrogen-bond acceptors (Lipinski definition) is 3. The Hall–Kier alpha value is -0.320. The summed E-state index contributed by atoms with van der Waals surface area (Å²) in [6.45, 7) is 4.84. The molecule has 1 aliphatic carbocycles. The molecule has 1 amide bonds. The third kappa shape index (κ3) is 6.03. The third-order valence-electron chi connectivity index (χ3n) is 3.62. The molecule has 0 aromatic carbocycles. The number of halogens is 1. The second-order valence-electron chi connectivity index (χ2n) is 5.05. The van der Waals surface area contributed by atoms with Gasteiger partial charge in [-0.25, -0.2) is 0 Å². The lowest BCUT2D eigenvalue weighted by molar-refractivity contribution is -0.121. The minimum absolute atomic E-state index is 0. The van der Waals surface area contributed by atoms with Gasteiger partial charge in [0.05, 0.1) is 13.2 Å². The van der Waals surface area contributed by atoms with E-state index >= 15 is 0 Å². The largest absolute Gasteiger partial charge is 0.383 e. The molecule has 0 atom stereocenters. The molecule has 0 bridgehead atoms. The van der Waals surface area contributed by atoms with Crippen LogP contribution in [0.2, 0.25) is 0 Å². The summed E-state index contributed by atoms with van der Waals surface area (Å²) in [5.41, 5.74) is 0.414. The molecule has 1 rings (SSSR count). The van der Waals surface area contributed by atoms with Gasteiger partial charge in [-0.2, -0.15) is 0 Å². The first-order valence-corrected chi connectivity index (χ1v) is 6.69. The lowest BCUT2D eigenvalue weighted by atomic mass is 9.66. The van der Waals surface area contributed by atoms with Crippen LogP contribution in [0.5, 0.6) is 0 Å². The van der Waals surface area contributed by atoms with Crippen molar-refractivity contribution in [2.75, 3.05) is 33.4 Å². The van der Waals surface area contributed by atoms with Crippen molar-refractivity contribution in [2.24, 2.45) is 5.41 Å². The van der Waals surface area contributed by atoms with E-state index in [4.69, 9.17) is 4.74 Å². The quantitative estimate of drug-likeness (QED) is 0.632. The molecule has 5 heteroatoms. The van der Waals surface area contributed by atoms with Gasteiger partial charge >= 0.3 is 0 Å². The van der Waals surface area contributed by atoms with Crippen LogP contribution in [0.15, 0.2) is 0 Å². The Morgan fingerprint density at radius 1 is 1.39 bits per heavy atom. The van der Waals surface area contributed by atoms with Crippen LogP contribution in [-0.4, -0.2) is 39.3 Å². The second kappa shape index (κ2) is 9.59. The predicted molar refractivity (Wildman–Crippen MR) is 76.2 cm³/mol. The fourth-order valence-corrected chi connectivity index (χ4v) is 2.45. The molecule has 4 nitrogen and oxygen atoms in total. The van der Waals surface area contributed by atoms with E-state index < -0.39 is 0 Å². The first-order chi connectivity index (χ1) is 8.22. The van der Waals surface area contributed by atoms with Gasteiger partial charge in [0, 0.05) is 20.2 Å². The van der Waals surface area contributed by atoms with Crippen LogP contribution in [0, 0.1) is 5.41 Å². The normalized spacial score (nSPS) is 16.6. The van der Waals surface area contributed by atoms with Crippen LogP contribution >= 0.6 is 12.4 Å². The molecule has 1 fully saturated rings. The van der Waals surface area contributed by atoms with Gasteiger partial charge in [-0.3, -0.25) is 4.79 Å². The van der Waals surface area contributed by atoms with Crippen molar-refractivity contribution in [1.29, 1.82) is 0 Å². The summed E-state index contributed by atoms with van der Waals surface area (Å²) in [5.74, 6) is 0.100. The Morgan fingerprint density at radius 2 is 2.11 bits per heavy atom. The van der Waals surface area contributed by atoms with E-state index in [9.17, 15) is 4.79 Å². The molecular formula is C13H27ClN2O2. The van der Waals surface area contributed by atoms with Crippen molar-refractivity contribution < 1.29 is 9.53 Å². The molecule has 0 radical (unpaired) electrons. The van der Waals surface area contributed by atoms with Crippen LogP contribution in [-0.2, 0) is 9.53 Å². The molecule has 0 aromatic heterocycles. The smallest absolute Gasteiger partial charge is 0.233 e. The van der Waals surface area contributed by atoms with Crippen LogP contribution in [0.3, 0.4) is 0 Å². The fourth-order valence-electron chi connectivity index (χ4n) is 2.45. The molecule has 0 spiro atoms. The van der Waals surface area contributed by atoms with Crippen LogP contribution in [0.4, 0.5) is 0 Å². The van der Waals surface area contributed by atoms with Crippen molar-refractivity contribution in [3.63, 3.8) is 0 Å². The summed E-state index contributed by atoms with van der Waals surface area (Å²) >= 11 is 0. The van der Waals surface area contributed by atoms with Crippen molar-refractivity contribution in [3.05, 3.63) is 0 Å². The topological polar surface area (TPSA) is 50.4 Å². The van der Waals surface area contributed by atoms with Crippen molar-refractivity contribution in [2.45, 2.75) is 39.0 Å². The zero-order valence-corrected chi connectivity index (χ0v) is 12.4. The number of amides is 1. The lowest BCUT2D eigenvalue weighted by Gasteiger charge is -2.42. The number of nitrogens with one attached hydrogen (secondary N) is 2. The van der Waals surface area contributed by atoms with Gasteiger partial charge < -0.3 is 15.4 Å². The van der Waals surface area contributed by atoms with Crippen LogP contribution < -0.4 is 10.6 Å². The van der Waals surface area contributed by atoms with E-state index in [-0.39, 0.29) is 18.3 Å². The van der Waals surface area contributed by atoms with Gasteiger partial charge in [-0.05, 0) is 24.7 Å². The lowest BCUT2D eigenvalue weighted by Crippen LogP contribution is -2.44. The Morgan fingerprint density at radius 3 is 2.61 bits per heavy atom. The maximum Gasteiger partial charge on any atom is 0.233 e. The Kier molecular flexibility index (Phi) is 9.42.